The normalized spacial score (nSPS) is 13.4. The van der Waals surface area contributed by atoms with E-state index in [-0.39, 0.29) is 5.54 Å². The number of hydrogen-bond donors (Lipinski definition) is 2. The molecule has 0 fully saturated rings. The van der Waals surface area contributed by atoms with Gasteiger partial charge in [0, 0.05) is 29.9 Å². The molecule has 0 bridgehead atoms. The van der Waals surface area contributed by atoms with Crippen LogP contribution in [0.3, 0.4) is 0 Å². The van der Waals surface area contributed by atoms with Gasteiger partial charge in [0.2, 0.25) is 0 Å². The van der Waals surface area contributed by atoms with Crippen LogP contribution in [0.2, 0.25) is 0 Å². The molecule has 0 saturated heterocycles. The molecule has 0 radical (unpaired) electrons. The van der Waals surface area contributed by atoms with E-state index in [2.05, 4.69) is 24.3 Å². The molecule has 4 nitrogen and oxygen atoms in total. The summed E-state index contributed by atoms with van der Waals surface area (Å²) < 4.78 is 1.94. The molecule has 1 rings (SSSR count). The minimum absolute atomic E-state index is 0.340. The van der Waals surface area contributed by atoms with Gasteiger partial charge in [0.1, 0.15) is 0 Å². The van der Waals surface area contributed by atoms with E-state index in [1.54, 1.807) is 0 Å². The maximum Gasteiger partial charge on any atom is 0.0767 e. The number of aromatic nitrogens is 2. The van der Waals surface area contributed by atoms with Gasteiger partial charge in [-0.15, -0.1) is 0 Å². The van der Waals surface area contributed by atoms with E-state index in [9.17, 15) is 5.11 Å². The molecular weight excluding hydrogens is 214 g/mol. The van der Waals surface area contributed by atoms with Crippen molar-refractivity contribution < 1.29 is 5.11 Å². The van der Waals surface area contributed by atoms with Gasteiger partial charge in [-0.05, 0) is 41.5 Å². The lowest BCUT2D eigenvalue weighted by Gasteiger charge is -2.38. The van der Waals surface area contributed by atoms with Gasteiger partial charge >= 0.3 is 0 Å². The topological polar surface area (TPSA) is 50.1 Å². The maximum atomic E-state index is 10.0. The number of aliphatic hydroxyl groups is 1. The Morgan fingerprint density at radius 1 is 1.35 bits per heavy atom. The highest BCUT2D eigenvalue weighted by Gasteiger charge is 2.34. The average molecular weight is 239 g/mol. The van der Waals surface area contributed by atoms with Gasteiger partial charge in [-0.3, -0.25) is 4.68 Å². The average Bonchev–Trinajstić information content (AvgIpc) is 2.61. The fraction of sp³-hybridized carbons (Fsp3) is 0.769. The van der Waals surface area contributed by atoms with E-state index >= 15 is 0 Å². The SMILES string of the molecule is CC(C)n1cc(CNC(C)(C)C(C)(C)O)cn1. The maximum absolute atomic E-state index is 10.0. The van der Waals surface area contributed by atoms with Crippen LogP contribution in [0.1, 0.15) is 53.1 Å². The van der Waals surface area contributed by atoms with Gasteiger partial charge in [-0.2, -0.15) is 5.10 Å². The molecule has 0 aliphatic heterocycles. The van der Waals surface area contributed by atoms with Crippen LogP contribution in [0.25, 0.3) is 0 Å². The minimum Gasteiger partial charge on any atom is -0.389 e. The Kier molecular flexibility index (Phi) is 3.99. The third kappa shape index (κ3) is 3.54. The molecule has 1 heterocycles. The van der Waals surface area contributed by atoms with Crippen LogP contribution < -0.4 is 5.32 Å². The molecule has 0 saturated carbocycles. The number of rotatable bonds is 5. The van der Waals surface area contributed by atoms with Crippen LogP contribution in [-0.2, 0) is 6.54 Å². The molecule has 2 N–H and O–H groups in total. The van der Waals surface area contributed by atoms with Crippen molar-refractivity contribution in [3.63, 3.8) is 0 Å². The van der Waals surface area contributed by atoms with Crippen molar-refractivity contribution in [2.75, 3.05) is 0 Å². The second-order valence-electron chi connectivity index (χ2n) is 5.96. The van der Waals surface area contributed by atoms with Crippen molar-refractivity contribution in [3.8, 4) is 0 Å². The first-order valence-electron chi connectivity index (χ1n) is 6.14. The number of nitrogens with zero attached hydrogens (tertiary/aromatic N) is 2. The van der Waals surface area contributed by atoms with Crippen LogP contribution in [0.4, 0.5) is 0 Å². The Hall–Kier alpha value is -0.870. The van der Waals surface area contributed by atoms with Gasteiger partial charge in [0.05, 0.1) is 11.8 Å². The highest BCUT2D eigenvalue weighted by Crippen LogP contribution is 2.21. The molecule has 0 unspecified atom stereocenters. The smallest absolute Gasteiger partial charge is 0.0767 e. The highest BCUT2D eigenvalue weighted by molar-refractivity contribution is 5.06. The molecule has 0 aliphatic rings. The summed E-state index contributed by atoms with van der Waals surface area (Å²) >= 11 is 0. The standard InChI is InChI=1S/C13H25N3O/c1-10(2)16-9-11(8-15-16)7-14-12(3,4)13(5,6)17/h8-10,14,17H,7H2,1-6H3. The summed E-state index contributed by atoms with van der Waals surface area (Å²) in [7, 11) is 0. The van der Waals surface area contributed by atoms with Crippen LogP contribution in [0, 0.1) is 0 Å². The highest BCUT2D eigenvalue weighted by atomic mass is 16.3. The van der Waals surface area contributed by atoms with Gasteiger partial charge in [-0.25, -0.2) is 0 Å². The first kappa shape index (κ1) is 14.2. The lowest BCUT2D eigenvalue weighted by molar-refractivity contribution is -0.00532. The van der Waals surface area contributed by atoms with E-state index in [1.165, 1.54) is 0 Å². The summed E-state index contributed by atoms with van der Waals surface area (Å²) in [6.45, 7) is 12.6. The largest absolute Gasteiger partial charge is 0.389 e. The van der Waals surface area contributed by atoms with Crippen LogP contribution in [-0.4, -0.2) is 26.0 Å². The molecule has 17 heavy (non-hydrogen) atoms. The predicted octanol–water partition coefficient (Wildman–Crippen LogP) is 2.10. The first-order valence-corrected chi connectivity index (χ1v) is 6.14. The lowest BCUT2D eigenvalue weighted by atomic mass is 9.86. The summed E-state index contributed by atoms with van der Waals surface area (Å²) in [5, 5.41) is 17.7. The molecule has 1 aromatic rings. The van der Waals surface area contributed by atoms with E-state index in [0.717, 1.165) is 5.56 Å². The van der Waals surface area contributed by atoms with Crippen LogP contribution in [0.15, 0.2) is 12.4 Å². The first-order chi connectivity index (χ1) is 7.63. The second-order valence-corrected chi connectivity index (χ2v) is 5.96. The van der Waals surface area contributed by atoms with Crippen LogP contribution >= 0.6 is 0 Å². The Morgan fingerprint density at radius 2 is 1.94 bits per heavy atom. The molecular formula is C13H25N3O. The number of hydrogen-bond acceptors (Lipinski definition) is 3. The zero-order valence-electron chi connectivity index (χ0n) is 11.8. The summed E-state index contributed by atoms with van der Waals surface area (Å²) in [5.41, 5.74) is 0.0320. The zero-order valence-corrected chi connectivity index (χ0v) is 11.8. The second kappa shape index (κ2) is 4.78. The molecule has 98 valence electrons. The van der Waals surface area contributed by atoms with E-state index in [1.807, 2.05) is 44.8 Å². The third-order valence-corrected chi connectivity index (χ3v) is 3.45. The Labute approximate surface area is 104 Å². The quantitative estimate of drug-likeness (QED) is 0.827. The van der Waals surface area contributed by atoms with E-state index in [0.29, 0.717) is 12.6 Å². The summed E-state index contributed by atoms with van der Waals surface area (Å²) in [4.78, 5) is 0. The van der Waals surface area contributed by atoms with Gasteiger partial charge in [0.15, 0.2) is 0 Å². The van der Waals surface area contributed by atoms with Crippen molar-refractivity contribution in [3.05, 3.63) is 18.0 Å². The Balaban J connectivity index is 2.61. The summed E-state index contributed by atoms with van der Waals surface area (Å²) in [6.07, 6.45) is 3.91. The zero-order chi connectivity index (χ0) is 13.3. The third-order valence-electron chi connectivity index (χ3n) is 3.45. The van der Waals surface area contributed by atoms with Crippen LogP contribution in [0.5, 0.6) is 0 Å². The van der Waals surface area contributed by atoms with Gasteiger partial charge in [-0.1, -0.05) is 0 Å². The molecule has 1 aromatic heterocycles. The van der Waals surface area contributed by atoms with E-state index < -0.39 is 5.60 Å². The molecule has 0 amide bonds. The molecule has 0 atom stereocenters. The molecule has 4 heteroatoms. The van der Waals surface area contributed by atoms with Crippen molar-refractivity contribution in [1.82, 2.24) is 15.1 Å². The summed E-state index contributed by atoms with van der Waals surface area (Å²) in [6, 6.07) is 0.381. The number of nitrogens with one attached hydrogen (secondary N) is 1. The van der Waals surface area contributed by atoms with Crippen molar-refractivity contribution in [2.24, 2.45) is 0 Å². The van der Waals surface area contributed by atoms with Crippen molar-refractivity contribution in [2.45, 2.75) is 65.3 Å². The lowest BCUT2D eigenvalue weighted by Crippen LogP contribution is -2.55. The Morgan fingerprint density at radius 3 is 2.35 bits per heavy atom. The molecule has 0 aliphatic carbocycles. The fourth-order valence-electron chi connectivity index (χ4n) is 1.29. The van der Waals surface area contributed by atoms with Crippen molar-refractivity contribution in [1.29, 1.82) is 0 Å². The van der Waals surface area contributed by atoms with Gasteiger partial charge in [0.25, 0.3) is 0 Å². The summed E-state index contributed by atoms with van der Waals surface area (Å²) in [5.74, 6) is 0. The monoisotopic (exact) mass is 239 g/mol. The Bertz CT molecular complexity index is 361. The van der Waals surface area contributed by atoms with Crippen molar-refractivity contribution >= 4 is 0 Å². The predicted molar refractivity (Wildman–Crippen MR) is 69.8 cm³/mol. The van der Waals surface area contributed by atoms with E-state index in [4.69, 9.17) is 0 Å². The minimum atomic E-state index is -0.763. The molecule has 0 spiro atoms. The molecule has 0 aromatic carbocycles. The fourth-order valence-corrected chi connectivity index (χ4v) is 1.29. The van der Waals surface area contributed by atoms with Gasteiger partial charge < -0.3 is 10.4 Å².